The molecule has 2 aliphatic heterocycles. The fraction of sp³-hybridized carbons (Fsp3) is 0.292. The van der Waals surface area contributed by atoms with Crippen molar-refractivity contribution in [3.05, 3.63) is 77.5 Å². The van der Waals surface area contributed by atoms with Crippen LogP contribution in [-0.4, -0.2) is 46.6 Å². The van der Waals surface area contributed by atoms with E-state index in [9.17, 15) is 17.9 Å². The summed E-state index contributed by atoms with van der Waals surface area (Å²) in [4.78, 5) is 4.07. The Morgan fingerprint density at radius 1 is 1.18 bits per heavy atom. The van der Waals surface area contributed by atoms with Gasteiger partial charge >= 0.3 is 0 Å². The fourth-order valence-corrected chi connectivity index (χ4v) is 6.32. The molecule has 33 heavy (non-hydrogen) atoms. The van der Waals surface area contributed by atoms with Gasteiger partial charge in [-0.2, -0.15) is 4.31 Å². The van der Waals surface area contributed by atoms with Crippen LogP contribution in [0.2, 0.25) is 0 Å². The zero-order chi connectivity index (χ0) is 23.2. The van der Waals surface area contributed by atoms with Gasteiger partial charge in [0.25, 0.3) is 10.0 Å². The number of hydrogen-bond donors (Lipinski definition) is 2. The van der Waals surface area contributed by atoms with Crippen LogP contribution in [0, 0.1) is 23.6 Å². The van der Waals surface area contributed by atoms with Crippen LogP contribution in [0.5, 0.6) is 0 Å². The standard InChI is InChI=1S/C24H23FN4O3S/c1-28-13-23(26-15-28)33(31,32)29-11-10-19-22(14-30)27-21-9-6-17(12-20(21)24(19)29)3-2-16-4-7-18(25)8-5-16/h4-9,12-13,15,19,22,24,27,30H,10-11,14H2,1H3/t19-,22-,24-/m0/s1. The minimum atomic E-state index is -3.81. The molecule has 1 fully saturated rings. The van der Waals surface area contributed by atoms with Crippen molar-refractivity contribution in [2.45, 2.75) is 23.5 Å². The molecule has 0 saturated carbocycles. The third-order valence-electron chi connectivity index (χ3n) is 6.27. The highest BCUT2D eigenvalue weighted by Crippen LogP contribution is 2.48. The molecule has 2 N–H and O–H groups in total. The summed E-state index contributed by atoms with van der Waals surface area (Å²) in [5.41, 5.74) is 3.02. The molecule has 1 saturated heterocycles. The largest absolute Gasteiger partial charge is 0.394 e. The fourth-order valence-electron chi connectivity index (χ4n) is 4.69. The number of imidazole rings is 1. The third-order valence-corrected chi connectivity index (χ3v) is 8.04. The van der Waals surface area contributed by atoms with Gasteiger partial charge in [0.05, 0.1) is 25.0 Å². The second-order valence-corrected chi connectivity index (χ2v) is 10.2. The molecule has 1 aromatic heterocycles. The number of rotatable bonds is 3. The SMILES string of the molecule is Cn1cnc(S(=O)(=O)N2CC[C@H]3[C@H](CO)Nc4ccc(C#Cc5ccc(F)cc5)cc4[C@H]32)c1. The van der Waals surface area contributed by atoms with E-state index in [4.69, 9.17) is 0 Å². The number of benzene rings is 2. The zero-order valence-electron chi connectivity index (χ0n) is 17.9. The van der Waals surface area contributed by atoms with Crippen molar-refractivity contribution >= 4 is 15.7 Å². The Morgan fingerprint density at radius 2 is 1.91 bits per heavy atom. The number of nitrogens with zero attached hydrogens (tertiary/aromatic N) is 3. The number of aromatic nitrogens is 2. The van der Waals surface area contributed by atoms with E-state index in [2.05, 4.69) is 22.1 Å². The number of aryl methyl sites for hydroxylation is 1. The second-order valence-electron chi connectivity index (χ2n) is 8.38. The second kappa shape index (κ2) is 8.30. The number of sulfonamides is 1. The van der Waals surface area contributed by atoms with Gasteiger partial charge in [0.15, 0.2) is 5.03 Å². The first-order valence-corrected chi connectivity index (χ1v) is 12.1. The number of anilines is 1. The number of aliphatic hydroxyl groups is 1. The molecule has 3 atom stereocenters. The number of hydrogen-bond acceptors (Lipinski definition) is 5. The predicted octanol–water partition coefficient (Wildman–Crippen LogP) is 2.50. The van der Waals surface area contributed by atoms with Gasteiger partial charge in [-0.1, -0.05) is 11.8 Å². The van der Waals surface area contributed by atoms with E-state index in [0.29, 0.717) is 18.5 Å². The molecule has 5 rings (SSSR count). The van der Waals surface area contributed by atoms with Crippen LogP contribution < -0.4 is 5.32 Å². The van der Waals surface area contributed by atoms with Crippen molar-refractivity contribution in [1.82, 2.24) is 13.9 Å². The van der Waals surface area contributed by atoms with E-state index >= 15 is 0 Å². The van der Waals surface area contributed by atoms with Gasteiger partial charge in [0, 0.05) is 42.5 Å². The normalized spacial score (nSPS) is 22.1. The van der Waals surface area contributed by atoms with Crippen molar-refractivity contribution in [2.24, 2.45) is 13.0 Å². The molecule has 2 aliphatic rings. The summed E-state index contributed by atoms with van der Waals surface area (Å²) >= 11 is 0. The lowest BCUT2D eigenvalue weighted by molar-refractivity contribution is 0.210. The quantitative estimate of drug-likeness (QED) is 0.580. The van der Waals surface area contributed by atoms with Gasteiger partial charge in [0.2, 0.25) is 0 Å². The highest BCUT2D eigenvalue weighted by molar-refractivity contribution is 7.89. The molecule has 0 unspecified atom stereocenters. The monoisotopic (exact) mass is 466 g/mol. The van der Waals surface area contributed by atoms with Crippen LogP contribution in [0.4, 0.5) is 10.1 Å². The summed E-state index contributed by atoms with van der Waals surface area (Å²) in [7, 11) is -2.09. The number of nitrogens with one attached hydrogen (secondary N) is 1. The van der Waals surface area contributed by atoms with Crippen LogP contribution in [0.3, 0.4) is 0 Å². The Labute approximate surface area is 191 Å². The Balaban J connectivity index is 1.55. The maximum atomic E-state index is 13.4. The molecule has 0 bridgehead atoms. The summed E-state index contributed by atoms with van der Waals surface area (Å²) in [5, 5.41) is 13.3. The van der Waals surface area contributed by atoms with Gasteiger partial charge in [-0.3, -0.25) is 0 Å². The molecule has 9 heteroatoms. The molecule has 3 aromatic rings. The first-order chi connectivity index (χ1) is 15.9. The maximum absolute atomic E-state index is 13.4. The van der Waals surface area contributed by atoms with Gasteiger partial charge in [-0.15, -0.1) is 0 Å². The highest BCUT2D eigenvalue weighted by atomic mass is 32.2. The van der Waals surface area contributed by atoms with Gasteiger partial charge in [0.1, 0.15) is 5.82 Å². The molecule has 170 valence electrons. The minimum Gasteiger partial charge on any atom is -0.394 e. The first kappa shape index (κ1) is 21.6. The topological polar surface area (TPSA) is 87.5 Å². The summed E-state index contributed by atoms with van der Waals surface area (Å²) in [6.45, 7) is 0.252. The Bertz CT molecular complexity index is 1360. The van der Waals surface area contributed by atoms with Crippen molar-refractivity contribution in [1.29, 1.82) is 0 Å². The van der Waals surface area contributed by atoms with E-state index in [1.165, 1.54) is 29.0 Å². The minimum absolute atomic E-state index is 0.0125. The molecule has 0 amide bonds. The Morgan fingerprint density at radius 3 is 2.61 bits per heavy atom. The third kappa shape index (κ3) is 3.91. The van der Waals surface area contributed by atoms with Crippen LogP contribution in [-0.2, 0) is 17.1 Å². The first-order valence-electron chi connectivity index (χ1n) is 10.7. The molecule has 3 heterocycles. The molecule has 0 spiro atoms. The summed E-state index contributed by atoms with van der Waals surface area (Å²) in [5.74, 6) is 5.71. The molecule has 7 nitrogen and oxygen atoms in total. The summed E-state index contributed by atoms with van der Waals surface area (Å²) in [6, 6.07) is 10.9. The summed E-state index contributed by atoms with van der Waals surface area (Å²) < 4.78 is 43.1. The zero-order valence-corrected chi connectivity index (χ0v) is 18.8. The lowest BCUT2D eigenvalue weighted by Gasteiger charge is -2.38. The Hall–Kier alpha value is -3.19. The number of halogens is 1. The lowest BCUT2D eigenvalue weighted by Crippen LogP contribution is -2.42. The van der Waals surface area contributed by atoms with E-state index in [1.54, 1.807) is 23.7 Å². The van der Waals surface area contributed by atoms with Crippen LogP contribution >= 0.6 is 0 Å². The van der Waals surface area contributed by atoms with E-state index in [1.807, 2.05) is 18.2 Å². The lowest BCUT2D eigenvalue weighted by atomic mass is 9.83. The molecule has 0 aliphatic carbocycles. The molecule has 0 radical (unpaired) electrons. The van der Waals surface area contributed by atoms with E-state index in [-0.39, 0.29) is 29.4 Å². The van der Waals surface area contributed by atoms with Crippen LogP contribution in [0.1, 0.15) is 29.2 Å². The average molecular weight is 467 g/mol. The maximum Gasteiger partial charge on any atom is 0.262 e. The molecular weight excluding hydrogens is 443 g/mol. The number of fused-ring (bicyclic) bond motifs is 3. The number of aliphatic hydroxyl groups excluding tert-OH is 1. The molecule has 2 aromatic carbocycles. The van der Waals surface area contributed by atoms with Gasteiger partial charge < -0.3 is 15.0 Å². The Kier molecular flexibility index (Phi) is 5.44. The van der Waals surface area contributed by atoms with Crippen molar-refractivity contribution < 1.29 is 17.9 Å². The summed E-state index contributed by atoms with van der Waals surface area (Å²) in [6.07, 6.45) is 3.59. The smallest absolute Gasteiger partial charge is 0.262 e. The van der Waals surface area contributed by atoms with E-state index in [0.717, 1.165) is 16.8 Å². The van der Waals surface area contributed by atoms with Crippen LogP contribution in [0.25, 0.3) is 0 Å². The molecular formula is C24H23FN4O3S. The van der Waals surface area contributed by atoms with Gasteiger partial charge in [-0.05, 0) is 54.4 Å². The highest BCUT2D eigenvalue weighted by Gasteiger charge is 2.49. The average Bonchev–Trinajstić information content (AvgIpc) is 3.46. The van der Waals surface area contributed by atoms with Crippen molar-refractivity contribution in [3.8, 4) is 11.8 Å². The van der Waals surface area contributed by atoms with E-state index < -0.39 is 16.1 Å². The van der Waals surface area contributed by atoms with Crippen molar-refractivity contribution in [2.75, 3.05) is 18.5 Å². The van der Waals surface area contributed by atoms with Gasteiger partial charge in [-0.25, -0.2) is 17.8 Å². The van der Waals surface area contributed by atoms with Crippen LogP contribution in [0.15, 0.2) is 60.0 Å². The predicted molar refractivity (Wildman–Crippen MR) is 121 cm³/mol. The van der Waals surface area contributed by atoms with Crippen molar-refractivity contribution in [3.63, 3.8) is 0 Å².